The number of sulfonamides is 1. The van der Waals surface area contributed by atoms with E-state index in [1.54, 1.807) is 12.1 Å². The summed E-state index contributed by atoms with van der Waals surface area (Å²) in [6.45, 7) is 5.33. The van der Waals surface area contributed by atoms with E-state index >= 15 is 0 Å². The number of benzene rings is 1. The van der Waals surface area contributed by atoms with Gasteiger partial charge in [-0.25, -0.2) is 13.2 Å². The number of likely N-dealkylation sites (tertiary alicyclic amines) is 1. The van der Waals surface area contributed by atoms with Crippen LogP contribution in [-0.4, -0.2) is 50.3 Å². The maximum atomic E-state index is 12.3. The Bertz CT molecular complexity index is 663. The van der Waals surface area contributed by atoms with Crippen molar-refractivity contribution in [3.05, 3.63) is 36.9 Å². The number of urea groups is 1. The van der Waals surface area contributed by atoms with Gasteiger partial charge in [0, 0.05) is 32.4 Å². The van der Waals surface area contributed by atoms with E-state index in [2.05, 4.69) is 11.9 Å². The summed E-state index contributed by atoms with van der Waals surface area (Å²) in [7, 11) is -2.03. The highest BCUT2D eigenvalue weighted by Crippen LogP contribution is 2.18. The van der Waals surface area contributed by atoms with Crippen LogP contribution in [0.4, 0.5) is 10.5 Å². The third-order valence-electron chi connectivity index (χ3n) is 4.09. The fraction of sp³-hybridized carbons (Fsp3) is 0.471. The molecule has 1 N–H and O–H groups in total. The molecule has 1 aliphatic rings. The Balaban J connectivity index is 2.03. The zero-order valence-corrected chi connectivity index (χ0v) is 14.9. The van der Waals surface area contributed by atoms with Gasteiger partial charge in [-0.05, 0) is 37.1 Å². The van der Waals surface area contributed by atoms with Crippen molar-refractivity contribution in [2.24, 2.45) is 0 Å². The summed E-state index contributed by atoms with van der Waals surface area (Å²) in [4.78, 5) is 14.3. The Morgan fingerprint density at radius 1 is 1.21 bits per heavy atom. The Morgan fingerprint density at radius 2 is 1.79 bits per heavy atom. The molecule has 0 unspecified atom stereocenters. The maximum Gasteiger partial charge on any atom is 0.321 e. The largest absolute Gasteiger partial charge is 0.325 e. The molecule has 0 atom stereocenters. The van der Waals surface area contributed by atoms with Crippen LogP contribution in [-0.2, 0) is 10.0 Å². The lowest BCUT2D eigenvalue weighted by molar-refractivity contribution is 0.214. The van der Waals surface area contributed by atoms with Gasteiger partial charge < -0.3 is 10.2 Å². The summed E-state index contributed by atoms with van der Waals surface area (Å²) >= 11 is 0. The molecule has 1 aromatic rings. The van der Waals surface area contributed by atoms with E-state index in [9.17, 15) is 13.2 Å². The Morgan fingerprint density at radius 3 is 2.33 bits per heavy atom. The highest BCUT2D eigenvalue weighted by atomic mass is 32.2. The first-order valence-corrected chi connectivity index (χ1v) is 9.62. The second-order valence-electron chi connectivity index (χ2n) is 5.93. The molecule has 1 aromatic carbocycles. The van der Waals surface area contributed by atoms with Crippen LogP contribution in [0.2, 0.25) is 0 Å². The number of hydrogen-bond donors (Lipinski definition) is 1. The minimum absolute atomic E-state index is 0.128. The zero-order valence-electron chi connectivity index (χ0n) is 14.1. The maximum absolute atomic E-state index is 12.3. The Labute approximate surface area is 144 Å². The van der Waals surface area contributed by atoms with Crippen molar-refractivity contribution in [1.82, 2.24) is 9.21 Å². The number of anilines is 1. The molecule has 0 radical (unpaired) electrons. The minimum Gasteiger partial charge on any atom is -0.325 e. The van der Waals surface area contributed by atoms with E-state index in [0.717, 1.165) is 38.8 Å². The number of amides is 2. The monoisotopic (exact) mass is 351 g/mol. The van der Waals surface area contributed by atoms with Crippen molar-refractivity contribution in [3.63, 3.8) is 0 Å². The van der Waals surface area contributed by atoms with Gasteiger partial charge in [0.25, 0.3) is 0 Å². The molecular formula is C17H25N3O3S. The predicted octanol–water partition coefficient (Wildman–Crippen LogP) is 2.90. The normalized spacial score (nSPS) is 15.8. The highest BCUT2D eigenvalue weighted by molar-refractivity contribution is 7.89. The van der Waals surface area contributed by atoms with Crippen molar-refractivity contribution in [1.29, 1.82) is 0 Å². The van der Waals surface area contributed by atoms with E-state index in [0.29, 0.717) is 5.69 Å². The van der Waals surface area contributed by atoms with E-state index in [1.165, 1.54) is 29.6 Å². The third-order valence-corrected chi connectivity index (χ3v) is 5.93. The Kier molecular flexibility index (Phi) is 6.39. The van der Waals surface area contributed by atoms with Gasteiger partial charge in [-0.2, -0.15) is 4.31 Å². The van der Waals surface area contributed by atoms with Gasteiger partial charge in [0.2, 0.25) is 10.0 Å². The first kappa shape index (κ1) is 18.5. The molecule has 1 heterocycles. The smallest absolute Gasteiger partial charge is 0.321 e. The van der Waals surface area contributed by atoms with Crippen LogP contribution in [0.5, 0.6) is 0 Å². The first-order valence-electron chi connectivity index (χ1n) is 8.18. The van der Waals surface area contributed by atoms with Crippen LogP contribution < -0.4 is 5.32 Å². The van der Waals surface area contributed by atoms with Crippen molar-refractivity contribution >= 4 is 21.7 Å². The molecule has 2 amide bonds. The van der Waals surface area contributed by atoms with Gasteiger partial charge in [-0.15, -0.1) is 6.58 Å². The second-order valence-corrected chi connectivity index (χ2v) is 7.97. The van der Waals surface area contributed by atoms with Gasteiger partial charge in [0.05, 0.1) is 4.90 Å². The second kappa shape index (κ2) is 8.30. The van der Waals surface area contributed by atoms with Crippen LogP contribution in [0, 0.1) is 0 Å². The number of rotatable bonds is 5. The summed E-state index contributed by atoms with van der Waals surface area (Å²) in [5, 5.41) is 2.83. The summed E-state index contributed by atoms with van der Waals surface area (Å²) in [6.07, 6.45) is 5.91. The molecule has 0 aromatic heterocycles. The summed E-state index contributed by atoms with van der Waals surface area (Å²) in [5.41, 5.74) is 0.592. The van der Waals surface area contributed by atoms with Gasteiger partial charge in [0.15, 0.2) is 0 Å². The lowest BCUT2D eigenvalue weighted by Crippen LogP contribution is -2.35. The first-order chi connectivity index (χ1) is 11.4. The summed E-state index contributed by atoms with van der Waals surface area (Å²) < 4.78 is 25.9. The fourth-order valence-electron chi connectivity index (χ4n) is 2.65. The molecule has 1 fully saturated rings. The molecule has 24 heavy (non-hydrogen) atoms. The molecule has 2 rings (SSSR count). The zero-order chi connectivity index (χ0) is 17.6. The number of nitrogens with zero attached hydrogens (tertiary/aromatic N) is 2. The van der Waals surface area contributed by atoms with Gasteiger partial charge in [0.1, 0.15) is 0 Å². The van der Waals surface area contributed by atoms with Gasteiger partial charge in [-0.1, -0.05) is 18.9 Å². The van der Waals surface area contributed by atoms with Crippen molar-refractivity contribution in [2.45, 2.75) is 30.6 Å². The predicted molar refractivity (Wildman–Crippen MR) is 95.5 cm³/mol. The van der Waals surface area contributed by atoms with E-state index in [4.69, 9.17) is 0 Å². The topological polar surface area (TPSA) is 69.7 Å². The quantitative estimate of drug-likeness (QED) is 0.829. The molecular weight excluding hydrogens is 326 g/mol. The van der Waals surface area contributed by atoms with Gasteiger partial charge in [-0.3, -0.25) is 0 Å². The van der Waals surface area contributed by atoms with Crippen LogP contribution in [0.1, 0.15) is 25.7 Å². The lowest BCUT2D eigenvalue weighted by atomic mass is 10.2. The van der Waals surface area contributed by atoms with Crippen molar-refractivity contribution in [2.75, 3.05) is 32.0 Å². The third kappa shape index (κ3) is 4.58. The molecule has 0 aliphatic carbocycles. The number of hydrogen-bond acceptors (Lipinski definition) is 3. The molecule has 6 nitrogen and oxygen atoms in total. The summed E-state index contributed by atoms with van der Waals surface area (Å²) in [6, 6.07) is 6.12. The van der Waals surface area contributed by atoms with E-state index in [1.807, 2.05) is 4.90 Å². The molecule has 132 valence electrons. The number of nitrogens with one attached hydrogen (secondary N) is 1. The molecule has 0 saturated carbocycles. The number of likely N-dealkylation sites (N-methyl/N-ethyl adjacent to an activating group) is 1. The lowest BCUT2D eigenvalue weighted by Gasteiger charge is -2.21. The van der Waals surface area contributed by atoms with Crippen LogP contribution >= 0.6 is 0 Å². The summed E-state index contributed by atoms with van der Waals surface area (Å²) in [5.74, 6) is 0. The van der Waals surface area contributed by atoms with Crippen LogP contribution in [0.15, 0.2) is 41.8 Å². The number of carbonyl (C=O) groups excluding carboxylic acids is 1. The average Bonchev–Trinajstić information content (AvgIpc) is 2.85. The standard InChI is InChI=1S/C17H25N3O3S/c1-3-12-19(2)24(22,23)16-10-8-15(9-11-16)18-17(21)20-13-6-4-5-7-14-20/h3,8-11H,1,4-7,12-14H2,2H3,(H,18,21). The fourth-order valence-corrected chi connectivity index (χ4v) is 3.79. The molecule has 0 spiro atoms. The molecule has 1 aliphatic heterocycles. The van der Waals surface area contributed by atoms with Crippen LogP contribution in [0.25, 0.3) is 0 Å². The highest BCUT2D eigenvalue weighted by Gasteiger charge is 2.20. The number of carbonyl (C=O) groups is 1. The van der Waals surface area contributed by atoms with Gasteiger partial charge >= 0.3 is 6.03 Å². The van der Waals surface area contributed by atoms with E-state index in [-0.39, 0.29) is 17.5 Å². The SMILES string of the molecule is C=CCN(C)S(=O)(=O)c1ccc(NC(=O)N2CCCCCC2)cc1. The molecule has 1 saturated heterocycles. The van der Waals surface area contributed by atoms with E-state index < -0.39 is 10.0 Å². The van der Waals surface area contributed by atoms with Crippen LogP contribution in [0.3, 0.4) is 0 Å². The van der Waals surface area contributed by atoms with Crippen molar-refractivity contribution < 1.29 is 13.2 Å². The minimum atomic E-state index is -3.53. The average molecular weight is 351 g/mol. The van der Waals surface area contributed by atoms with Crippen molar-refractivity contribution in [3.8, 4) is 0 Å². The molecule has 0 bridgehead atoms. The molecule has 7 heteroatoms. The Hall–Kier alpha value is -1.86.